The Morgan fingerprint density at radius 2 is 0.571 bits per heavy atom. The number of aliphatic carboxylic acids is 1. The molecule has 0 radical (unpaired) electrons. The van der Waals surface area contributed by atoms with Crippen molar-refractivity contribution in [3.05, 3.63) is 0 Å². The van der Waals surface area contributed by atoms with Crippen LogP contribution >= 0.6 is 0 Å². The van der Waals surface area contributed by atoms with Crippen molar-refractivity contribution >= 4 is 5.97 Å². The zero-order valence-electron chi connectivity index (χ0n) is 15.7. The fraction of sp³-hybridized carbons (Fsp3) is 0.929. The second kappa shape index (κ2) is 33.6. The molecule has 0 aromatic heterocycles. The summed E-state index contributed by atoms with van der Waals surface area (Å²) in [6.45, 7) is -1.83. The van der Waals surface area contributed by atoms with Crippen LogP contribution in [0.2, 0.25) is 0 Å². The lowest BCUT2D eigenvalue weighted by Crippen LogP contribution is -2.15. The van der Waals surface area contributed by atoms with Gasteiger partial charge in [0.1, 0.15) is 24.4 Å². The second-order valence-electron chi connectivity index (χ2n) is 4.59. The molecule has 0 heterocycles. The highest BCUT2D eigenvalue weighted by atomic mass is 16.4. The Kier molecular flexibility index (Phi) is 45.2. The van der Waals surface area contributed by atoms with E-state index in [-0.39, 0.29) is 52.9 Å². The quantitative estimate of drug-likeness (QED) is 0.171. The number of hydrogen-bond donors (Lipinski definition) is 13. The summed E-state index contributed by atoms with van der Waals surface area (Å²) >= 11 is 0. The molecule has 13 N–H and O–H groups in total. The molecule has 176 valence electrons. The molecule has 0 aliphatic heterocycles. The third kappa shape index (κ3) is 64.0. The Bertz CT molecular complexity index is 208. The van der Waals surface area contributed by atoms with E-state index in [0.29, 0.717) is 0 Å². The van der Waals surface area contributed by atoms with Crippen LogP contribution in [-0.2, 0) is 4.79 Å². The van der Waals surface area contributed by atoms with Crippen molar-refractivity contribution in [2.45, 2.75) is 31.3 Å². The van der Waals surface area contributed by atoms with Crippen LogP contribution in [0.3, 0.4) is 0 Å². The van der Waals surface area contributed by atoms with Crippen LogP contribution in [0.1, 0.15) is 6.92 Å². The molecule has 0 aromatic carbocycles. The molecule has 0 aliphatic rings. The maximum atomic E-state index is 9.00. The predicted octanol–water partition coefficient (Wildman–Crippen LogP) is -6.58. The van der Waals surface area contributed by atoms with E-state index in [0.717, 1.165) is 6.92 Å². The fourth-order valence-electron chi connectivity index (χ4n) is 0.231. The van der Waals surface area contributed by atoms with Gasteiger partial charge in [0.15, 0.2) is 0 Å². The first-order valence-electron chi connectivity index (χ1n) is 7.76. The van der Waals surface area contributed by atoms with Gasteiger partial charge in [-0.3, -0.25) is 4.79 Å². The Morgan fingerprint density at radius 3 is 0.571 bits per heavy atom. The zero-order valence-corrected chi connectivity index (χ0v) is 15.7. The summed E-state index contributed by atoms with van der Waals surface area (Å²) in [6, 6.07) is 0. The molecule has 0 fully saturated rings. The molecular formula is C14H36O14. The zero-order chi connectivity index (χ0) is 23.5. The van der Waals surface area contributed by atoms with Gasteiger partial charge in [-0.1, -0.05) is 0 Å². The van der Waals surface area contributed by atoms with Crippen molar-refractivity contribution in [2.24, 2.45) is 0 Å². The van der Waals surface area contributed by atoms with Gasteiger partial charge in [-0.05, 0) is 0 Å². The summed E-state index contributed by atoms with van der Waals surface area (Å²) in [6.07, 6.45) is -3.81. The van der Waals surface area contributed by atoms with E-state index in [1.807, 2.05) is 0 Å². The van der Waals surface area contributed by atoms with Gasteiger partial charge in [0.05, 0.1) is 52.9 Å². The normalized spacial score (nSPS) is 9.46. The van der Waals surface area contributed by atoms with Crippen molar-refractivity contribution in [1.29, 1.82) is 0 Å². The van der Waals surface area contributed by atoms with E-state index < -0.39 is 30.4 Å². The minimum atomic E-state index is -0.954. The molecule has 0 bridgehead atoms. The van der Waals surface area contributed by atoms with E-state index in [1.165, 1.54) is 0 Å². The molecule has 0 atom stereocenters. The topological polar surface area (TPSA) is 280 Å². The molecule has 0 saturated heterocycles. The Hall–Kier alpha value is -1.01. The number of aliphatic hydroxyl groups excluding tert-OH is 12. The molecule has 0 aliphatic carbocycles. The minimum absolute atomic E-state index is 0.365. The van der Waals surface area contributed by atoms with Gasteiger partial charge >= 0.3 is 0 Å². The molecule has 0 spiro atoms. The second-order valence-corrected chi connectivity index (χ2v) is 4.59. The maximum absolute atomic E-state index is 9.00. The summed E-state index contributed by atoms with van der Waals surface area (Å²) in [7, 11) is 0. The molecule has 0 saturated carbocycles. The molecular weight excluding hydrogens is 392 g/mol. The summed E-state index contributed by atoms with van der Waals surface area (Å²) in [5, 5.41) is 103. The van der Waals surface area contributed by atoms with E-state index in [4.69, 9.17) is 71.2 Å². The van der Waals surface area contributed by atoms with Crippen LogP contribution in [0, 0.1) is 0 Å². The van der Waals surface area contributed by atoms with Gasteiger partial charge in [-0.15, -0.1) is 0 Å². The monoisotopic (exact) mass is 428 g/mol. The van der Waals surface area contributed by atoms with E-state index >= 15 is 0 Å². The third-order valence-corrected chi connectivity index (χ3v) is 1.69. The first-order chi connectivity index (χ1) is 13.0. The number of carboxylic acid groups (broad SMARTS) is 1. The predicted molar refractivity (Wildman–Crippen MR) is 94.0 cm³/mol. The summed E-state index contributed by atoms with van der Waals surface area (Å²) in [5.41, 5.74) is 0. The lowest BCUT2D eigenvalue weighted by molar-refractivity contribution is -0.134. The van der Waals surface area contributed by atoms with Crippen LogP contribution in [0.25, 0.3) is 0 Å². The third-order valence-electron chi connectivity index (χ3n) is 1.69. The summed E-state index contributed by atoms with van der Waals surface area (Å²) < 4.78 is 0. The van der Waals surface area contributed by atoms with Gasteiger partial charge in [-0.2, -0.15) is 0 Å². The maximum Gasteiger partial charge on any atom is 0.300 e. The molecule has 28 heavy (non-hydrogen) atoms. The molecule has 0 aromatic rings. The number of carbonyl (C=O) groups is 1. The lowest BCUT2D eigenvalue weighted by Gasteiger charge is -1.96. The molecule has 14 nitrogen and oxygen atoms in total. The first kappa shape index (κ1) is 37.7. The van der Waals surface area contributed by atoms with Crippen LogP contribution in [0.5, 0.6) is 0 Å². The minimum Gasteiger partial charge on any atom is -0.481 e. The Labute approximate surface area is 162 Å². The van der Waals surface area contributed by atoms with E-state index in [9.17, 15) is 0 Å². The molecule has 14 heteroatoms. The van der Waals surface area contributed by atoms with Crippen molar-refractivity contribution < 1.29 is 71.2 Å². The Morgan fingerprint density at radius 1 is 0.500 bits per heavy atom. The SMILES string of the molecule is CC(=O)O.OCC(O)CO.OCC(O)CO.OCC(O)CO.OCC(O)CO. The fourth-order valence-corrected chi connectivity index (χ4v) is 0.231. The van der Waals surface area contributed by atoms with Crippen LogP contribution in [-0.4, -0.2) is 150 Å². The van der Waals surface area contributed by atoms with Crippen LogP contribution in [0.15, 0.2) is 0 Å². The average molecular weight is 428 g/mol. The molecule has 0 rings (SSSR count). The highest BCUT2D eigenvalue weighted by Gasteiger charge is 1.95. The van der Waals surface area contributed by atoms with E-state index in [1.54, 1.807) is 0 Å². The van der Waals surface area contributed by atoms with Crippen LogP contribution < -0.4 is 0 Å². The van der Waals surface area contributed by atoms with Gasteiger partial charge in [-0.25, -0.2) is 0 Å². The van der Waals surface area contributed by atoms with Gasteiger partial charge < -0.3 is 66.4 Å². The molecule has 0 unspecified atom stereocenters. The lowest BCUT2D eigenvalue weighted by atomic mass is 10.4. The standard InChI is InChI=1S/4C3H8O3.C2H4O2/c4*4-1-3(6)2-5;1-2(3)4/h4*3-6H,1-2H2;1H3,(H,3,4). The first-order valence-corrected chi connectivity index (χ1v) is 7.76. The number of hydrogen-bond acceptors (Lipinski definition) is 13. The summed E-state index contributed by atoms with van der Waals surface area (Å²) in [5.74, 6) is -0.833. The van der Waals surface area contributed by atoms with Crippen LogP contribution in [0.4, 0.5) is 0 Å². The van der Waals surface area contributed by atoms with Gasteiger partial charge in [0, 0.05) is 6.92 Å². The number of carboxylic acids is 1. The highest BCUT2D eigenvalue weighted by Crippen LogP contribution is 1.73. The largest absolute Gasteiger partial charge is 0.481 e. The highest BCUT2D eigenvalue weighted by molar-refractivity contribution is 5.62. The van der Waals surface area contributed by atoms with Gasteiger partial charge in [0.2, 0.25) is 0 Å². The van der Waals surface area contributed by atoms with E-state index in [2.05, 4.69) is 0 Å². The smallest absolute Gasteiger partial charge is 0.300 e. The van der Waals surface area contributed by atoms with Crippen molar-refractivity contribution in [2.75, 3.05) is 52.9 Å². The Balaban J connectivity index is -0.0000000793. The summed E-state index contributed by atoms with van der Waals surface area (Å²) in [4.78, 5) is 9.00. The van der Waals surface area contributed by atoms with Gasteiger partial charge in [0.25, 0.3) is 5.97 Å². The number of rotatable bonds is 8. The van der Waals surface area contributed by atoms with Crippen molar-refractivity contribution in [3.63, 3.8) is 0 Å². The van der Waals surface area contributed by atoms with Crippen molar-refractivity contribution in [3.8, 4) is 0 Å². The number of aliphatic hydroxyl groups is 12. The molecule has 0 amide bonds. The van der Waals surface area contributed by atoms with Crippen molar-refractivity contribution in [1.82, 2.24) is 0 Å². The average Bonchev–Trinajstić information content (AvgIpc) is 2.71.